The molecule has 6 heteroatoms. The summed E-state index contributed by atoms with van der Waals surface area (Å²) in [6.07, 6.45) is 4.46. The van der Waals surface area contributed by atoms with Gasteiger partial charge >= 0.3 is 5.97 Å². The maximum atomic E-state index is 12.5. The lowest BCUT2D eigenvalue weighted by atomic mass is 9.94. The predicted octanol–water partition coefficient (Wildman–Crippen LogP) is 2.61. The molecule has 0 aromatic heterocycles. The Kier molecular flexibility index (Phi) is 6.45. The molecule has 6 nitrogen and oxygen atoms in total. The molecular formula is C20H26O6. The van der Waals surface area contributed by atoms with Crippen LogP contribution >= 0.6 is 0 Å². The van der Waals surface area contributed by atoms with Gasteiger partial charge in [-0.15, -0.1) is 0 Å². The molecule has 0 bridgehead atoms. The van der Waals surface area contributed by atoms with Crippen LogP contribution in [0.1, 0.15) is 43.1 Å². The van der Waals surface area contributed by atoms with Crippen molar-refractivity contribution >= 4 is 12.0 Å². The molecule has 1 aliphatic heterocycles. The Morgan fingerprint density at radius 3 is 2.38 bits per heavy atom. The van der Waals surface area contributed by atoms with E-state index in [0.717, 1.165) is 6.07 Å². The van der Waals surface area contributed by atoms with Gasteiger partial charge in [-0.3, -0.25) is 0 Å². The number of aliphatic hydroxyl groups excluding tert-OH is 2. The second-order valence-corrected chi connectivity index (χ2v) is 6.84. The molecule has 0 spiro atoms. The van der Waals surface area contributed by atoms with Gasteiger partial charge in [0.25, 0.3) is 0 Å². The van der Waals surface area contributed by atoms with Crippen molar-refractivity contribution in [3.8, 4) is 11.5 Å². The number of benzene rings is 1. The minimum absolute atomic E-state index is 0.0532. The van der Waals surface area contributed by atoms with Gasteiger partial charge in [0.2, 0.25) is 0 Å². The Morgan fingerprint density at radius 1 is 1.04 bits per heavy atom. The molecule has 0 amide bonds. The third kappa shape index (κ3) is 4.65. The molecule has 142 valence electrons. The van der Waals surface area contributed by atoms with E-state index >= 15 is 0 Å². The molecule has 1 aliphatic rings. The average Bonchev–Trinajstić information content (AvgIpc) is 2.56. The summed E-state index contributed by atoms with van der Waals surface area (Å²) in [5, 5.41) is 40.2. The average molecular weight is 362 g/mol. The van der Waals surface area contributed by atoms with E-state index in [4.69, 9.17) is 4.74 Å². The number of phenolic OH excluding ortho intramolecular Hbond substituents is 2. The van der Waals surface area contributed by atoms with E-state index in [1.807, 2.05) is 13.0 Å². The van der Waals surface area contributed by atoms with Crippen LogP contribution in [0.15, 0.2) is 30.4 Å². The molecule has 4 N–H and O–H groups in total. The Hall–Kier alpha value is -2.31. The number of hydrogen-bond donors (Lipinski definition) is 4. The predicted molar refractivity (Wildman–Crippen MR) is 97.8 cm³/mol. The standard InChI is InChI=1S/C20H26O6/c1-11-7-8-12(2)19(24)16(22)6-4-5-14-9-15(21)10-17(23)18(14)20(25)26-13(11)3/h4-5,7-13,16,19,21-24H,6H2,1-3H3/b5-4+,8-7-/t11-,12-,13+,16+,19?/m1/s1. The Morgan fingerprint density at radius 2 is 1.69 bits per heavy atom. The maximum Gasteiger partial charge on any atom is 0.342 e. The van der Waals surface area contributed by atoms with Crippen LogP contribution in [0.5, 0.6) is 11.5 Å². The summed E-state index contributed by atoms with van der Waals surface area (Å²) in [5.41, 5.74) is 0.220. The number of aliphatic hydroxyl groups is 2. The highest BCUT2D eigenvalue weighted by Crippen LogP contribution is 2.30. The van der Waals surface area contributed by atoms with E-state index < -0.39 is 24.3 Å². The van der Waals surface area contributed by atoms with Crippen molar-refractivity contribution in [1.29, 1.82) is 0 Å². The van der Waals surface area contributed by atoms with E-state index in [-0.39, 0.29) is 40.9 Å². The normalized spacial score (nSPS) is 32.8. The summed E-state index contributed by atoms with van der Waals surface area (Å²) in [4.78, 5) is 12.5. The molecule has 2 rings (SSSR count). The van der Waals surface area contributed by atoms with Crippen molar-refractivity contribution in [2.24, 2.45) is 11.8 Å². The lowest BCUT2D eigenvalue weighted by molar-refractivity contribution is 0.000592. The number of aromatic hydroxyl groups is 2. The van der Waals surface area contributed by atoms with E-state index in [0.29, 0.717) is 0 Å². The summed E-state index contributed by atoms with van der Waals surface area (Å²) in [5.74, 6) is -1.68. The van der Waals surface area contributed by atoms with Crippen LogP contribution in [-0.4, -0.2) is 44.7 Å². The smallest absolute Gasteiger partial charge is 0.342 e. The van der Waals surface area contributed by atoms with Gasteiger partial charge in [0.05, 0.1) is 12.2 Å². The first-order valence-corrected chi connectivity index (χ1v) is 8.68. The van der Waals surface area contributed by atoms with Gasteiger partial charge in [0.15, 0.2) is 0 Å². The molecule has 1 aromatic rings. The van der Waals surface area contributed by atoms with Gasteiger partial charge in [0.1, 0.15) is 23.2 Å². The van der Waals surface area contributed by atoms with Crippen molar-refractivity contribution in [2.75, 3.05) is 0 Å². The highest BCUT2D eigenvalue weighted by atomic mass is 16.5. The minimum atomic E-state index is -0.983. The summed E-state index contributed by atoms with van der Waals surface area (Å²) in [6.45, 7) is 5.41. The van der Waals surface area contributed by atoms with Crippen molar-refractivity contribution in [3.05, 3.63) is 41.5 Å². The molecule has 1 unspecified atom stereocenters. The molecule has 1 aromatic carbocycles. The van der Waals surface area contributed by atoms with Crippen LogP contribution in [0.3, 0.4) is 0 Å². The highest BCUT2D eigenvalue weighted by molar-refractivity contribution is 5.97. The van der Waals surface area contributed by atoms with E-state index in [9.17, 15) is 25.2 Å². The number of ether oxygens (including phenoxy) is 1. The number of phenols is 2. The molecule has 1 heterocycles. The van der Waals surface area contributed by atoms with Gasteiger partial charge in [-0.25, -0.2) is 4.79 Å². The van der Waals surface area contributed by atoms with Gasteiger partial charge < -0.3 is 25.2 Å². The van der Waals surface area contributed by atoms with Gasteiger partial charge in [-0.2, -0.15) is 0 Å². The van der Waals surface area contributed by atoms with E-state index in [1.54, 1.807) is 26.0 Å². The van der Waals surface area contributed by atoms with E-state index in [1.165, 1.54) is 12.1 Å². The van der Waals surface area contributed by atoms with Crippen LogP contribution in [0, 0.1) is 11.8 Å². The fraction of sp³-hybridized carbons (Fsp3) is 0.450. The van der Waals surface area contributed by atoms with E-state index in [2.05, 4.69) is 0 Å². The SMILES string of the molecule is C[C@@H]1/C=C\[C@@H](C)[C@H](C)OC(=O)c2c(O)cc(O)cc2/C=C/C[C@H](O)C1O. The van der Waals surface area contributed by atoms with Gasteiger partial charge in [0, 0.05) is 17.9 Å². The van der Waals surface area contributed by atoms with Crippen molar-refractivity contribution in [2.45, 2.75) is 45.5 Å². The monoisotopic (exact) mass is 362 g/mol. The second-order valence-electron chi connectivity index (χ2n) is 6.84. The molecular weight excluding hydrogens is 336 g/mol. The number of hydrogen-bond acceptors (Lipinski definition) is 6. The number of carbonyl (C=O) groups excluding carboxylic acids is 1. The number of cyclic esters (lactones) is 1. The molecule has 0 radical (unpaired) electrons. The first-order chi connectivity index (χ1) is 12.2. The largest absolute Gasteiger partial charge is 0.508 e. The van der Waals surface area contributed by atoms with Crippen LogP contribution in [0.2, 0.25) is 0 Å². The molecule has 0 aliphatic carbocycles. The zero-order chi connectivity index (χ0) is 19.4. The molecule has 0 fully saturated rings. The zero-order valence-electron chi connectivity index (χ0n) is 15.2. The van der Waals surface area contributed by atoms with Crippen molar-refractivity contribution < 1.29 is 30.0 Å². The zero-order valence-corrected chi connectivity index (χ0v) is 15.2. The van der Waals surface area contributed by atoms with Crippen molar-refractivity contribution in [1.82, 2.24) is 0 Å². The summed E-state index contributed by atoms with van der Waals surface area (Å²) in [7, 11) is 0. The lowest BCUT2D eigenvalue weighted by Gasteiger charge is -2.23. The number of rotatable bonds is 0. The quantitative estimate of drug-likeness (QED) is 0.417. The topological polar surface area (TPSA) is 107 Å². The molecule has 0 saturated carbocycles. The van der Waals surface area contributed by atoms with Crippen LogP contribution in [0.25, 0.3) is 6.08 Å². The van der Waals surface area contributed by atoms with Crippen LogP contribution in [-0.2, 0) is 4.74 Å². The second kappa shape index (κ2) is 8.38. The number of fused-ring (bicyclic) bond motifs is 1. The van der Waals surface area contributed by atoms with Crippen LogP contribution < -0.4 is 0 Å². The first kappa shape index (κ1) is 20.0. The highest BCUT2D eigenvalue weighted by Gasteiger charge is 2.24. The fourth-order valence-corrected chi connectivity index (χ4v) is 2.77. The molecule has 26 heavy (non-hydrogen) atoms. The summed E-state index contributed by atoms with van der Waals surface area (Å²) < 4.78 is 5.46. The summed E-state index contributed by atoms with van der Waals surface area (Å²) in [6, 6.07) is 2.41. The number of esters is 1. The summed E-state index contributed by atoms with van der Waals surface area (Å²) >= 11 is 0. The lowest BCUT2D eigenvalue weighted by Crippen LogP contribution is -2.31. The van der Waals surface area contributed by atoms with Gasteiger partial charge in [-0.05, 0) is 25.0 Å². The maximum absolute atomic E-state index is 12.5. The Bertz CT molecular complexity index is 708. The minimum Gasteiger partial charge on any atom is -0.508 e. The van der Waals surface area contributed by atoms with Crippen molar-refractivity contribution in [3.63, 3.8) is 0 Å². The molecule has 0 saturated heterocycles. The molecule has 5 atom stereocenters. The third-order valence-electron chi connectivity index (χ3n) is 4.70. The Balaban J connectivity index is 2.46. The Labute approximate surface area is 153 Å². The fourth-order valence-electron chi connectivity index (χ4n) is 2.77. The third-order valence-corrected chi connectivity index (χ3v) is 4.70. The number of carbonyl (C=O) groups is 1. The van der Waals surface area contributed by atoms with Crippen LogP contribution in [0.4, 0.5) is 0 Å². The first-order valence-electron chi connectivity index (χ1n) is 8.68. The van der Waals surface area contributed by atoms with Gasteiger partial charge in [-0.1, -0.05) is 38.2 Å².